The van der Waals surface area contributed by atoms with E-state index >= 15 is 0 Å². The SMILES string of the molecule is Cn1ccc(-c2cc3c(cc2C(F)F)NCCC3)n1. The topological polar surface area (TPSA) is 29.9 Å². The second-order valence-electron chi connectivity index (χ2n) is 4.80. The van der Waals surface area contributed by atoms with Gasteiger partial charge in [-0.3, -0.25) is 4.68 Å². The fourth-order valence-corrected chi connectivity index (χ4v) is 2.50. The van der Waals surface area contributed by atoms with Gasteiger partial charge in [0.15, 0.2) is 0 Å². The molecule has 2 heterocycles. The molecule has 0 atom stereocenters. The van der Waals surface area contributed by atoms with E-state index in [1.165, 1.54) is 0 Å². The molecular formula is C14H15F2N3. The molecule has 19 heavy (non-hydrogen) atoms. The lowest BCUT2D eigenvalue weighted by atomic mass is 9.95. The highest BCUT2D eigenvalue weighted by Crippen LogP contribution is 2.36. The summed E-state index contributed by atoms with van der Waals surface area (Å²) in [4.78, 5) is 0. The van der Waals surface area contributed by atoms with Crippen molar-refractivity contribution in [1.29, 1.82) is 0 Å². The van der Waals surface area contributed by atoms with E-state index in [0.717, 1.165) is 30.6 Å². The Morgan fingerprint density at radius 3 is 2.89 bits per heavy atom. The van der Waals surface area contributed by atoms with Gasteiger partial charge in [0.2, 0.25) is 0 Å². The Morgan fingerprint density at radius 2 is 2.21 bits per heavy atom. The fraction of sp³-hybridized carbons (Fsp3) is 0.357. The Morgan fingerprint density at radius 1 is 1.37 bits per heavy atom. The van der Waals surface area contributed by atoms with Gasteiger partial charge < -0.3 is 5.32 Å². The number of nitrogens with zero attached hydrogens (tertiary/aromatic N) is 2. The molecule has 1 aromatic heterocycles. The molecule has 0 spiro atoms. The van der Waals surface area contributed by atoms with Gasteiger partial charge in [-0.1, -0.05) is 0 Å². The van der Waals surface area contributed by atoms with E-state index in [9.17, 15) is 8.78 Å². The summed E-state index contributed by atoms with van der Waals surface area (Å²) in [5, 5.41) is 7.42. The van der Waals surface area contributed by atoms with Crippen LogP contribution in [0.15, 0.2) is 24.4 Å². The number of aryl methyl sites for hydroxylation is 2. The van der Waals surface area contributed by atoms with Crippen LogP contribution in [0.3, 0.4) is 0 Å². The summed E-state index contributed by atoms with van der Waals surface area (Å²) in [6.07, 6.45) is 1.22. The molecule has 0 fully saturated rings. The molecule has 3 rings (SSSR count). The van der Waals surface area contributed by atoms with Crippen molar-refractivity contribution in [2.75, 3.05) is 11.9 Å². The predicted octanol–water partition coefficient (Wildman–Crippen LogP) is 3.38. The predicted molar refractivity (Wildman–Crippen MR) is 70.4 cm³/mol. The van der Waals surface area contributed by atoms with Crippen molar-refractivity contribution in [3.8, 4) is 11.3 Å². The van der Waals surface area contributed by atoms with E-state index < -0.39 is 6.43 Å². The van der Waals surface area contributed by atoms with Gasteiger partial charge in [-0.15, -0.1) is 0 Å². The van der Waals surface area contributed by atoms with Gasteiger partial charge >= 0.3 is 0 Å². The maximum atomic E-state index is 13.2. The minimum atomic E-state index is -2.49. The minimum Gasteiger partial charge on any atom is -0.385 e. The number of halogens is 2. The summed E-state index contributed by atoms with van der Waals surface area (Å²) in [5.74, 6) is 0. The molecule has 0 saturated carbocycles. The third-order valence-corrected chi connectivity index (χ3v) is 3.44. The second-order valence-corrected chi connectivity index (χ2v) is 4.80. The Labute approximate surface area is 110 Å². The lowest BCUT2D eigenvalue weighted by molar-refractivity contribution is 0.152. The van der Waals surface area contributed by atoms with Gasteiger partial charge in [0.05, 0.1) is 5.69 Å². The summed E-state index contributed by atoms with van der Waals surface area (Å²) in [6, 6.07) is 5.19. The van der Waals surface area contributed by atoms with Crippen molar-refractivity contribution in [3.63, 3.8) is 0 Å². The van der Waals surface area contributed by atoms with Gasteiger partial charge in [0.1, 0.15) is 0 Å². The summed E-state index contributed by atoms with van der Waals surface area (Å²) >= 11 is 0. The van der Waals surface area contributed by atoms with Crippen LogP contribution in [0.25, 0.3) is 11.3 Å². The quantitative estimate of drug-likeness (QED) is 0.900. The summed E-state index contributed by atoms with van der Waals surface area (Å²) in [6.45, 7) is 0.846. The van der Waals surface area contributed by atoms with Crippen molar-refractivity contribution in [2.45, 2.75) is 19.3 Å². The summed E-state index contributed by atoms with van der Waals surface area (Å²) in [7, 11) is 1.78. The van der Waals surface area contributed by atoms with Crippen LogP contribution >= 0.6 is 0 Å². The first-order chi connectivity index (χ1) is 9.15. The van der Waals surface area contributed by atoms with Crippen molar-refractivity contribution in [2.24, 2.45) is 7.05 Å². The maximum absolute atomic E-state index is 13.2. The molecule has 0 unspecified atom stereocenters. The largest absolute Gasteiger partial charge is 0.385 e. The lowest BCUT2D eigenvalue weighted by Gasteiger charge is -2.20. The zero-order valence-corrected chi connectivity index (χ0v) is 10.7. The Bertz CT molecular complexity index is 605. The molecule has 0 bridgehead atoms. The number of fused-ring (bicyclic) bond motifs is 1. The van der Waals surface area contributed by atoms with Crippen molar-refractivity contribution < 1.29 is 8.78 Å². The Hall–Kier alpha value is -1.91. The average Bonchev–Trinajstić information content (AvgIpc) is 2.83. The van der Waals surface area contributed by atoms with Crippen molar-refractivity contribution in [1.82, 2.24) is 9.78 Å². The molecule has 0 aliphatic carbocycles. The number of hydrogen-bond acceptors (Lipinski definition) is 2. The van der Waals surface area contributed by atoms with Gasteiger partial charge in [-0.25, -0.2) is 8.78 Å². The first-order valence-corrected chi connectivity index (χ1v) is 6.34. The standard InChI is InChI=1S/C14H15F2N3/c1-19-6-4-12(18-19)10-7-9-3-2-5-17-13(9)8-11(10)14(15)16/h4,6-8,14,17H,2-3,5H2,1H3. The number of alkyl halides is 2. The molecule has 0 radical (unpaired) electrons. The van der Waals surface area contributed by atoms with Gasteiger partial charge in [-0.2, -0.15) is 5.10 Å². The van der Waals surface area contributed by atoms with E-state index in [4.69, 9.17) is 0 Å². The first-order valence-electron chi connectivity index (χ1n) is 6.34. The highest BCUT2D eigenvalue weighted by Gasteiger charge is 2.20. The minimum absolute atomic E-state index is 0.0480. The zero-order valence-electron chi connectivity index (χ0n) is 10.7. The molecule has 1 aromatic carbocycles. The monoisotopic (exact) mass is 263 g/mol. The first kappa shape index (κ1) is 12.1. The van der Waals surface area contributed by atoms with Gasteiger partial charge in [0.25, 0.3) is 6.43 Å². The van der Waals surface area contributed by atoms with Crippen LogP contribution in [0.2, 0.25) is 0 Å². The van der Waals surface area contributed by atoms with Crippen LogP contribution in [0.5, 0.6) is 0 Å². The fourth-order valence-electron chi connectivity index (χ4n) is 2.50. The van der Waals surface area contributed by atoms with E-state index in [1.807, 2.05) is 6.07 Å². The number of hydrogen-bond donors (Lipinski definition) is 1. The third kappa shape index (κ3) is 2.20. The molecule has 3 nitrogen and oxygen atoms in total. The molecule has 2 aromatic rings. The van der Waals surface area contributed by atoms with Crippen LogP contribution < -0.4 is 5.32 Å². The molecule has 1 aliphatic rings. The lowest BCUT2D eigenvalue weighted by Crippen LogP contribution is -2.12. The van der Waals surface area contributed by atoms with Crippen LogP contribution in [0.1, 0.15) is 24.0 Å². The van der Waals surface area contributed by atoms with E-state index in [1.54, 1.807) is 30.1 Å². The number of anilines is 1. The Kier molecular flexibility index (Phi) is 2.97. The van der Waals surface area contributed by atoms with Crippen molar-refractivity contribution >= 4 is 5.69 Å². The molecule has 1 aliphatic heterocycles. The van der Waals surface area contributed by atoms with Gasteiger partial charge in [0, 0.05) is 36.6 Å². The molecule has 0 saturated heterocycles. The molecule has 1 N–H and O–H groups in total. The maximum Gasteiger partial charge on any atom is 0.264 e. The molecule has 100 valence electrons. The molecular weight excluding hydrogens is 248 g/mol. The van der Waals surface area contributed by atoms with E-state index in [0.29, 0.717) is 11.3 Å². The average molecular weight is 263 g/mol. The summed E-state index contributed by atoms with van der Waals surface area (Å²) in [5.41, 5.74) is 3.12. The van der Waals surface area contributed by atoms with Crippen molar-refractivity contribution in [3.05, 3.63) is 35.5 Å². The Balaban J connectivity index is 2.16. The van der Waals surface area contributed by atoms with Crippen LogP contribution in [0, 0.1) is 0 Å². The zero-order chi connectivity index (χ0) is 13.4. The van der Waals surface area contributed by atoms with Gasteiger partial charge in [-0.05, 0) is 36.6 Å². The highest BCUT2D eigenvalue weighted by molar-refractivity contribution is 5.71. The number of nitrogens with one attached hydrogen (secondary N) is 1. The molecule has 0 amide bonds. The number of benzene rings is 1. The summed E-state index contributed by atoms with van der Waals surface area (Å²) < 4.78 is 28.1. The number of rotatable bonds is 2. The second kappa shape index (κ2) is 4.64. The van der Waals surface area contributed by atoms with Crippen LogP contribution in [0.4, 0.5) is 14.5 Å². The normalized spacial score (nSPS) is 14.3. The smallest absolute Gasteiger partial charge is 0.264 e. The third-order valence-electron chi connectivity index (χ3n) is 3.44. The molecule has 5 heteroatoms. The van der Waals surface area contributed by atoms with E-state index in [-0.39, 0.29) is 5.56 Å². The van der Waals surface area contributed by atoms with Crippen LogP contribution in [-0.2, 0) is 13.5 Å². The van der Waals surface area contributed by atoms with Crippen LogP contribution in [-0.4, -0.2) is 16.3 Å². The van der Waals surface area contributed by atoms with E-state index in [2.05, 4.69) is 10.4 Å². The highest BCUT2D eigenvalue weighted by atomic mass is 19.3. The number of aromatic nitrogens is 2.